The molecule has 0 saturated carbocycles. The molecule has 3 aromatic carbocycles. The lowest BCUT2D eigenvalue weighted by Crippen LogP contribution is -2.34. The predicted molar refractivity (Wildman–Crippen MR) is 152 cm³/mol. The molecule has 0 bridgehead atoms. The predicted octanol–water partition coefficient (Wildman–Crippen LogP) is 9.01. The molecule has 0 aliphatic heterocycles. The minimum atomic E-state index is 0.151. The van der Waals surface area contributed by atoms with Crippen LogP contribution in [0.25, 0.3) is 44.0 Å². The van der Waals surface area contributed by atoms with Crippen molar-refractivity contribution in [2.75, 3.05) is 0 Å². The van der Waals surface area contributed by atoms with Crippen molar-refractivity contribution < 1.29 is 8.98 Å². The Bertz CT molecular complexity index is 1680. The number of nitrogens with zero attached hydrogens (tertiary/aromatic N) is 1. The molecule has 2 heteroatoms. The molecule has 2 aromatic heterocycles. The molecule has 0 saturated heterocycles. The zero-order chi connectivity index (χ0) is 25.6. The van der Waals surface area contributed by atoms with Crippen molar-refractivity contribution in [3.63, 3.8) is 0 Å². The van der Waals surface area contributed by atoms with E-state index in [9.17, 15) is 0 Å². The highest BCUT2D eigenvalue weighted by atomic mass is 16.3. The van der Waals surface area contributed by atoms with Gasteiger partial charge in [-0.3, -0.25) is 0 Å². The number of hydrogen-bond donors (Lipinski definition) is 0. The quantitative estimate of drug-likeness (QED) is 0.232. The maximum Gasteiger partial charge on any atom is 0.216 e. The smallest absolute Gasteiger partial charge is 0.216 e. The van der Waals surface area contributed by atoms with Gasteiger partial charge in [-0.2, -0.15) is 0 Å². The van der Waals surface area contributed by atoms with E-state index in [4.69, 9.17) is 4.42 Å². The summed E-state index contributed by atoms with van der Waals surface area (Å²) in [7, 11) is 2.15. The number of fused-ring (bicyclic) bond motifs is 6. The van der Waals surface area contributed by atoms with Gasteiger partial charge >= 0.3 is 0 Å². The molecule has 36 heavy (non-hydrogen) atoms. The van der Waals surface area contributed by atoms with E-state index in [2.05, 4.69) is 115 Å². The molecule has 0 atom stereocenters. The van der Waals surface area contributed by atoms with E-state index in [1.165, 1.54) is 67.9 Å². The van der Waals surface area contributed by atoms with Crippen LogP contribution in [-0.4, -0.2) is 0 Å². The minimum absolute atomic E-state index is 0.151. The molecule has 0 spiro atoms. The first-order valence-electron chi connectivity index (χ1n) is 13.4. The molecular formula is C34H38NO+. The summed E-state index contributed by atoms with van der Waals surface area (Å²) in [5, 5.41) is 5.05. The first kappa shape index (κ1) is 23.3. The van der Waals surface area contributed by atoms with E-state index in [1.54, 1.807) is 0 Å². The summed E-state index contributed by atoms with van der Waals surface area (Å²) in [4.78, 5) is 0. The second kappa shape index (κ2) is 7.68. The van der Waals surface area contributed by atoms with Crippen molar-refractivity contribution in [1.29, 1.82) is 0 Å². The highest BCUT2D eigenvalue weighted by Crippen LogP contribution is 2.49. The number of aromatic nitrogens is 1. The number of aryl methyl sites for hydroxylation is 2. The topological polar surface area (TPSA) is 17.0 Å². The summed E-state index contributed by atoms with van der Waals surface area (Å²) in [6.45, 7) is 16.3. The van der Waals surface area contributed by atoms with Gasteiger partial charge in [0.25, 0.3) is 0 Å². The highest BCUT2D eigenvalue weighted by Gasteiger charge is 2.38. The lowest BCUT2D eigenvalue weighted by Gasteiger charge is -2.42. The number of benzene rings is 3. The van der Waals surface area contributed by atoms with Crippen LogP contribution in [0.5, 0.6) is 0 Å². The molecule has 5 aromatic rings. The Kier molecular flexibility index (Phi) is 4.97. The number of furan rings is 1. The zero-order valence-electron chi connectivity index (χ0n) is 23.0. The maximum atomic E-state index is 6.76. The second-order valence-corrected chi connectivity index (χ2v) is 12.7. The van der Waals surface area contributed by atoms with Crippen LogP contribution in [-0.2, 0) is 17.9 Å². The Morgan fingerprint density at radius 1 is 0.833 bits per heavy atom. The van der Waals surface area contributed by atoms with Crippen molar-refractivity contribution in [3.8, 4) is 11.3 Å². The van der Waals surface area contributed by atoms with Gasteiger partial charge in [-0.05, 0) is 82.2 Å². The molecule has 1 aliphatic rings. The number of hydrogen-bond acceptors (Lipinski definition) is 1. The minimum Gasteiger partial charge on any atom is -0.455 e. The maximum absolute atomic E-state index is 6.76. The van der Waals surface area contributed by atoms with Gasteiger partial charge in [0.1, 0.15) is 18.2 Å². The molecular weight excluding hydrogens is 438 g/mol. The average Bonchev–Trinajstić information content (AvgIpc) is 3.17. The van der Waals surface area contributed by atoms with E-state index in [-0.39, 0.29) is 10.8 Å². The summed E-state index contributed by atoms with van der Waals surface area (Å²) in [6.07, 6.45) is 4.68. The summed E-state index contributed by atoms with van der Waals surface area (Å²) in [5.74, 6) is 0.501. The Morgan fingerprint density at radius 2 is 1.58 bits per heavy atom. The van der Waals surface area contributed by atoms with Gasteiger partial charge in [0.15, 0.2) is 6.20 Å². The summed E-state index contributed by atoms with van der Waals surface area (Å²) in [5.41, 5.74) is 10.3. The van der Waals surface area contributed by atoms with E-state index in [0.717, 1.165) is 11.2 Å². The van der Waals surface area contributed by atoms with Gasteiger partial charge in [0.05, 0.1) is 5.56 Å². The number of pyridine rings is 1. The monoisotopic (exact) mass is 476 g/mol. The van der Waals surface area contributed by atoms with Crippen molar-refractivity contribution in [3.05, 3.63) is 77.0 Å². The van der Waals surface area contributed by atoms with Gasteiger partial charge in [-0.15, -0.1) is 0 Å². The molecule has 2 nitrogen and oxygen atoms in total. The third kappa shape index (κ3) is 3.34. The Labute approximate surface area is 214 Å². The normalized spacial score (nSPS) is 16.8. The third-order valence-corrected chi connectivity index (χ3v) is 8.85. The van der Waals surface area contributed by atoms with Gasteiger partial charge in [-0.1, -0.05) is 65.8 Å². The lowest BCUT2D eigenvalue weighted by atomic mass is 9.62. The van der Waals surface area contributed by atoms with Crippen LogP contribution in [0.4, 0.5) is 0 Å². The fraction of sp³-hybridized carbons (Fsp3) is 0.382. The Balaban J connectivity index is 1.66. The lowest BCUT2D eigenvalue weighted by molar-refractivity contribution is -0.660. The molecule has 1 aliphatic carbocycles. The molecule has 6 rings (SSSR count). The van der Waals surface area contributed by atoms with Crippen molar-refractivity contribution in [2.24, 2.45) is 7.05 Å². The van der Waals surface area contributed by atoms with E-state index in [0.29, 0.717) is 5.92 Å². The van der Waals surface area contributed by atoms with Crippen LogP contribution in [0.2, 0.25) is 0 Å². The van der Waals surface area contributed by atoms with Gasteiger partial charge in [0, 0.05) is 22.4 Å². The fourth-order valence-corrected chi connectivity index (χ4v) is 6.48. The highest BCUT2D eigenvalue weighted by molar-refractivity contribution is 6.13. The first-order chi connectivity index (χ1) is 17.0. The molecule has 0 N–H and O–H groups in total. The molecule has 0 radical (unpaired) electrons. The van der Waals surface area contributed by atoms with Crippen LogP contribution < -0.4 is 4.57 Å². The van der Waals surface area contributed by atoms with Crippen LogP contribution in [0.1, 0.15) is 82.6 Å². The number of rotatable bonds is 2. The summed E-state index contributed by atoms with van der Waals surface area (Å²) >= 11 is 0. The van der Waals surface area contributed by atoms with E-state index >= 15 is 0 Å². The Morgan fingerprint density at radius 3 is 2.31 bits per heavy atom. The Hall–Kier alpha value is -3.13. The van der Waals surface area contributed by atoms with E-state index in [1.807, 2.05) is 0 Å². The molecule has 2 heterocycles. The second-order valence-electron chi connectivity index (χ2n) is 12.7. The molecule has 184 valence electrons. The average molecular weight is 477 g/mol. The first-order valence-corrected chi connectivity index (χ1v) is 13.4. The fourth-order valence-electron chi connectivity index (χ4n) is 6.48. The SMILES string of the molecule is Cc1ccc2c(oc3cc4c5c(ccc4cc32)C(C)(C)CCC5(C)C)c1-c1ccc(C(C)C)c[n+]1C. The van der Waals surface area contributed by atoms with Crippen LogP contribution >= 0.6 is 0 Å². The molecule has 0 amide bonds. The largest absolute Gasteiger partial charge is 0.455 e. The van der Waals surface area contributed by atoms with Crippen molar-refractivity contribution in [2.45, 2.75) is 78.1 Å². The summed E-state index contributed by atoms with van der Waals surface area (Å²) < 4.78 is 9.01. The van der Waals surface area contributed by atoms with Crippen LogP contribution in [0.15, 0.2) is 59.1 Å². The zero-order valence-corrected chi connectivity index (χ0v) is 23.0. The van der Waals surface area contributed by atoms with Gasteiger partial charge in [-0.25, -0.2) is 4.57 Å². The van der Waals surface area contributed by atoms with Crippen LogP contribution in [0, 0.1) is 6.92 Å². The van der Waals surface area contributed by atoms with Gasteiger partial charge in [0.2, 0.25) is 5.69 Å². The van der Waals surface area contributed by atoms with Crippen molar-refractivity contribution >= 4 is 32.7 Å². The van der Waals surface area contributed by atoms with Crippen molar-refractivity contribution in [1.82, 2.24) is 0 Å². The van der Waals surface area contributed by atoms with Gasteiger partial charge < -0.3 is 4.42 Å². The summed E-state index contributed by atoms with van der Waals surface area (Å²) in [6, 6.07) is 18.4. The standard InChI is InChI=1S/C34H38NO/c1-20(2)23-11-14-28(35(8)19-23)30-21(3)9-12-24-26-17-22-10-13-27-31(25(22)18-29(26)36-32(24)30)34(6,7)16-15-33(27,4)5/h9-14,17-20H,15-16H2,1-8H3/q+1. The van der Waals surface area contributed by atoms with Crippen LogP contribution in [0.3, 0.4) is 0 Å². The molecule has 0 fully saturated rings. The third-order valence-electron chi connectivity index (χ3n) is 8.85. The van der Waals surface area contributed by atoms with E-state index < -0.39 is 0 Å². The molecule has 0 unspecified atom stereocenters.